The number of benzene rings is 2. The topological polar surface area (TPSA) is 73.9 Å². The van der Waals surface area contributed by atoms with E-state index in [1.807, 2.05) is 24.3 Å². The SMILES string of the molecule is COc1ccc(C(NS(=O)(=O)c2ccc(OC)c(OC)c2)C2CC2)cc1. The molecular weight excluding hydrogens is 354 g/mol. The van der Waals surface area contributed by atoms with Gasteiger partial charge in [0.25, 0.3) is 0 Å². The summed E-state index contributed by atoms with van der Waals surface area (Å²) in [6.07, 6.45) is 2.01. The molecule has 6 nitrogen and oxygen atoms in total. The van der Waals surface area contributed by atoms with Crippen LogP contribution in [0.4, 0.5) is 0 Å². The van der Waals surface area contributed by atoms with Gasteiger partial charge >= 0.3 is 0 Å². The second kappa shape index (κ2) is 7.55. The number of methoxy groups -OCH3 is 3. The molecule has 0 bridgehead atoms. The highest BCUT2D eigenvalue weighted by atomic mass is 32.2. The summed E-state index contributed by atoms with van der Waals surface area (Å²) in [5.41, 5.74) is 0.928. The lowest BCUT2D eigenvalue weighted by atomic mass is 10.0. The Morgan fingerprint density at radius 3 is 2.12 bits per heavy atom. The molecule has 1 aliphatic carbocycles. The van der Waals surface area contributed by atoms with Crippen LogP contribution in [-0.2, 0) is 10.0 Å². The second-order valence-corrected chi connectivity index (χ2v) is 7.94. The molecule has 0 spiro atoms. The van der Waals surface area contributed by atoms with E-state index in [0.717, 1.165) is 24.2 Å². The van der Waals surface area contributed by atoms with Gasteiger partial charge in [0.2, 0.25) is 10.0 Å². The fourth-order valence-corrected chi connectivity index (χ4v) is 4.20. The van der Waals surface area contributed by atoms with Gasteiger partial charge in [0.1, 0.15) is 5.75 Å². The number of sulfonamides is 1. The van der Waals surface area contributed by atoms with Crippen LogP contribution in [0.25, 0.3) is 0 Å². The van der Waals surface area contributed by atoms with Gasteiger partial charge in [-0.3, -0.25) is 0 Å². The number of hydrogen-bond acceptors (Lipinski definition) is 5. The molecule has 140 valence electrons. The third-order valence-corrected chi connectivity index (χ3v) is 5.95. The fourth-order valence-electron chi connectivity index (χ4n) is 2.90. The van der Waals surface area contributed by atoms with Gasteiger partial charge in [-0.25, -0.2) is 13.1 Å². The molecule has 1 fully saturated rings. The van der Waals surface area contributed by atoms with Crippen LogP contribution in [0.1, 0.15) is 24.4 Å². The van der Waals surface area contributed by atoms with E-state index in [4.69, 9.17) is 14.2 Å². The van der Waals surface area contributed by atoms with E-state index in [9.17, 15) is 8.42 Å². The Kier molecular flexibility index (Phi) is 5.38. The first-order chi connectivity index (χ1) is 12.5. The van der Waals surface area contributed by atoms with Gasteiger partial charge in [0.05, 0.1) is 26.2 Å². The van der Waals surface area contributed by atoms with Crippen LogP contribution in [0.15, 0.2) is 47.4 Å². The van der Waals surface area contributed by atoms with Crippen molar-refractivity contribution >= 4 is 10.0 Å². The van der Waals surface area contributed by atoms with Crippen molar-refractivity contribution < 1.29 is 22.6 Å². The van der Waals surface area contributed by atoms with Crippen molar-refractivity contribution in [3.63, 3.8) is 0 Å². The van der Waals surface area contributed by atoms with E-state index < -0.39 is 10.0 Å². The standard InChI is InChI=1S/C19H23NO5S/c1-23-15-8-6-14(7-9-15)19(13-4-5-13)20-26(21,22)16-10-11-17(24-2)18(12-16)25-3/h6-13,19-20H,4-5H2,1-3H3. The monoisotopic (exact) mass is 377 g/mol. The van der Waals surface area contributed by atoms with E-state index in [1.165, 1.54) is 26.4 Å². The Bertz CT molecular complexity index is 860. The summed E-state index contributed by atoms with van der Waals surface area (Å²) in [6.45, 7) is 0. The quantitative estimate of drug-likeness (QED) is 0.765. The van der Waals surface area contributed by atoms with Gasteiger partial charge in [-0.2, -0.15) is 0 Å². The molecular formula is C19H23NO5S. The average Bonchev–Trinajstić information content (AvgIpc) is 3.50. The maximum Gasteiger partial charge on any atom is 0.241 e. The lowest BCUT2D eigenvalue weighted by Crippen LogP contribution is -2.30. The van der Waals surface area contributed by atoms with Crippen molar-refractivity contribution in [3.8, 4) is 17.2 Å². The Hall–Kier alpha value is -2.25. The van der Waals surface area contributed by atoms with Gasteiger partial charge in [-0.1, -0.05) is 12.1 Å². The smallest absolute Gasteiger partial charge is 0.241 e. The van der Waals surface area contributed by atoms with E-state index in [2.05, 4.69) is 4.72 Å². The number of rotatable bonds is 8. The summed E-state index contributed by atoms with van der Waals surface area (Å²) in [5, 5.41) is 0. The Labute approximate surface area is 154 Å². The van der Waals surface area contributed by atoms with Crippen LogP contribution in [0, 0.1) is 5.92 Å². The Balaban J connectivity index is 1.88. The molecule has 1 N–H and O–H groups in total. The first-order valence-electron chi connectivity index (χ1n) is 8.37. The highest BCUT2D eigenvalue weighted by Crippen LogP contribution is 2.42. The van der Waals surface area contributed by atoms with Crippen molar-refractivity contribution in [2.45, 2.75) is 23.8 Å². The van der Waals surface area contributed by atoms with Gasteiger partial charge in [-0.05, 0) is 48.6 Å². The summed E-state index contributed by atoms with van der Waals surface area (Å²) in [4.78, 5) is 0.148. The first kappa shape index (κ1) is 18.5. The van der Waals surface area contributed by atoms with Gasteiger partial charge in [0, 0.05) is 12.1 Å². The van der Waals surface area contributed by atoms with E-state index in [0.29, 0.717) is 17.4 Å². The van der Waals surface area contributed by atoms with Gasteiger partial charge in [-0.15, -0.1) is 0 Å². The zero-order valence-corrected chi connectivity index (χ0v) is 15.9. The zero-order valence-electron chi connectivity index (χ0n) is 15.1. The maximum absolute atomic E-state index is 12.9. The Morgan fingerprint density at radius 1 is 0.923 bits per heavy atom. The van der Waals surface area contributed by atoms with E-state index in [-0.39, 0.29) is 10.9 Å². The lowest BCUT2D eigenvalue weighted by Gasteiger charge is -2.19. The van der Waals surface area contributed by atoms with E-state index >= 15 is 0 Å². The predicted molar refractivity (Wildman–Crippen MR) is 98.3 cm³/mol. The highest BCUT2D eigenvalue weighted by Gasteiger charge is 2.35. The molecule has 0 radical (unpaired) electrons. The minimum absolute atomic E-state index is 0.148. The van der Waals surface area contributed by atoms with Crippen LogP contribution in [-0.4, -0.2) is 29.7 Å². The number of nitrogens with one attached hydrogen (secondary N) is 1. The number of ether oxygens (including phenoxy) is 3. The van der Waals surface area contributed by atoms with Gasteiger partial charge < -0.3 is 14.2 Å². The molecule has 1 aliphatic rings. The van der Waals surface area contributed by atoms with Crippen molar-refractivity contribution in [1.82, 2.24) is 4.72 Å². The molecule has 7 heteroatoms. The van der Waals surface area contributed by atoms with Gasteiger partial charge in [0.15, 0.2) is 11.5 Å². The fraction of sp³-hybridized carbons (Fsp3) is 0.368. The zero-order chi connectivity index (χ0) is 18.7. The van der Waals surface area contributed by atoms with Crippen molar-refractivity contribution in [2.24, 2.45) is 5.92 Å². The molecule has 0 amide bonds. The van der Waals surface area contributed by atoms with Crippen molar-refractivity contribution in [3.05, 3.63) is 48.0 Å². The molecule has 0 aromatic heterocycles. The molecule has 2 aromatic carbocycles. The minimum atomic E-state index is -3.70. The third kappa shape index (κ3) is 3.94. The van der Waals surface area contributed by atoms with Crippen LogP contribution >= 0.6 is 0 Å². The molecule has 0 aliphatic heterocycles. The van der Waals surface area contributed by atoms with Crippen LogP contribution < -0.4 is 18.9 Å². The largest absolute Gasteiger partial charge is 0.497 e. The van der Waals surface area contributed by atoms with Crippen LogP contribution in [0.3, 0.4) is 0 Å². The first-order valence-corrected chi connectivity index (χ1v) is 9.85. The molecule has 0 saturated heterocycles. The number of hydrogen-bond donors (Lipinski definition) is 1. The predicted octanol–water partition coefficient (Wildman–Crippen LogP) is 3.14. The summed E-state index contributed by atoms with van der Waals surface area (Å²) < 4.78 is 44.2. The summed E-state index contributed by atoms with van der Waals surface area (Å²) in [6, 6.07) is 11.8. The summed E-state index contributed by atoms with van der Waals surface area (Å²) in [7, 11) is 0.891. The van der Waals surface area contributed by atoms with Crippen molar-refractivity contribution in [2.75, 3.05) is 21.3 Å². The summed E-state index contributed by atoms with van der Waals surface area (Å²) >= 11 is 0. The molecule has 26 heavy (non-hydrogen) atoms. The Morgan fingerprint density at radius 2 is 1.58 bits per heavy atom. The molecule has 0 heterocycles. The van der Waals surface area contributed by atoms with Crippen LogP contribution in [0.2, 0.25) is 0 Å². The average molecular weight is 377 g/mol. The molecule has 3 rings (SSSR count). The maximum atomic E-state index is 12.9. The van der Waals surface area contributed by atoms with Crippen molar-refractivity contribution in [1.29, 1.82) is 0 Å². The molecule has 2 aromatic rings. The highest BCUT2D eigenvalue weighted by molar-refractivity contribution is 7.89. The second-order valence-electron chi connectivity index (χ2n) is 6.23. The lowest BCUT2D eigenvalue weighted by molar-refractivity contribution is 0.354. The molecule has 1 saturated carbocycles. The van der Waals surface area contributed by atoms with E-state index in [1.54, 1.807) is 13.2 Å². The normalized spacial score (nSPS) is 15.3. The summed E-state index contributed by atoms with van der Waals surface area (Å²) in [5.74, 6) is 1.91. The molecule has 1 unspecified atom stereocenters. The minimum Gasteiger partial charge on any atom is -0.497 e. The third-order valence-electron chi connectivity index (χ3n) is 4.52. The van der Waals surface area contributed by atoms with Crippen LogP contribution in [0.5, 0.6) is 17.2 Å². The molecule has 1 atom stereocenters.